The molecular formula is C13H11F4N3. The predicted molar refractivity (Wildman–Crippen MR) is 65.3 cm³/mol. The van der Waals surface area contributed by atoms with Gasteiger partial charge in [-0.15, -0.1) is 0 Å². The van der Waals surface area contributed by atoms with Gasteiger partial charge in [0.15, 0.2) is 0 Å². The summed E-state index contributed by atoms with van der Waals surface area (Å²) >= 11 is 0. The van der Waals surface area contributed by atoms with E-state index in [0.717, 1.165) is 25.0 Å². The summed E-state index contributed by atoms with van der Waals surface area (Å²) in [5.74, 6) is -0.992. The zero-order valence-corrected chi connectivity index (χ0v) is 10.3. The number of rotatable bonds is 2. The van der Waals surface area contributed by atoms with Crippen molar-refractivity contribution in [3.8, 4) is 11.3 Å². The molecule has 3 rings (SSSR count). The van der Waals surface area contributed by atoms with E-state index in [0.29, 0.717) is 5.82 Å². The third-order valence-electron chi connectivity index (χ3n) is 3.32. The van der Waals surface area contributed by atoms with Crippen LogP contribution in [0, 0.1) is 5.82 Å². The normalized spacial score (nSPS) is 15.6. The van der Waals surface area contributed by atoms with Gasteiger partial charge in [-0.3, -0.25) is 0 Å². The molecule has 0 saturated heterocycles. The first kappa shape index (κ1) is 13.0. The number of nitrogens with zero attached hydrogens (tertiary/aromatic N) is 2. The molecule has 20 heavy (non-hydrogen) atoms. The van der Waals surface area contributed by atoms with Crippen LogP contribution in [-0.4, -0.2) is 9.55 Å². The molecule has 1 heterocycles. The van der Waals surface area contributed by atoms with Gasteiger partial charge in [0.1, 0.15) is 17.3 Å². The molecule has 7 heteroatoms. The average molecular weight is 285 g/mol. The van der Waals surface area contributed by atoms with Gasteiger partial charge in [0, 0.05) is 11.6 Å². The van der Waals surface area contributed by atoms with Crippen LogP contribution in [0.3, 0.4) is 0 Å². The quantitative estimate of drug-likeness (QED) is 0.856. The molecule has 0 amide bonds. The standard InChI is InChI=1S/C13H11F4N3/c14-10-4-1-7(5-9(10)13(15,16)17)11-12(18)20(6-19-11)8-2-3-8/h1,4-6,8H,2-3,18H2. The number of nitrogens with two attached hydrogens (primary N) is 1. The Morgan fingerprint density at radius 2 is 1.95 bits per heavy atom. The third-order valence-corrected chi connectivity index (χ3v) is 3.32. The Morgan fingerprint density at radius 1 is 1.25 bits per heavy atom. The highest BCUT2D eigenvalue weighted by atomic mass is 19.4. The number of imidazole rings is 1. The maximum atomic E-state index is 13.2. The van der Waals surface area contributed by atoms with Crippen molar-refractivity contribution in [2.24, 2.45) is 0 Å². The van der Waals surface area contributed by atoms with Crippen molar-refractivity contribution in [2.75, 3.05) is 5.73 Å². The molecular weight excluding hydrogens is 274 g/mol. The number of hydrogen-bond acceptors (Lipinski definition) is 2. The van der Waals surface area contributed by atoms with Crippen LogP contribution in [0.2, 0.25) is 0 Å². The Hall–Kier alpha value is -2.05. The van der Waals surface area contributed by atoms with Gasteiger partial charge in [-0.2, -0.15) is 13.2 Å². The summed E-state index contributed by atoms with van der Waals surface area (Å²) in [6.45, 7) is 0. The minimum Gasteiger partial charge on any atom is -0.383 e. The highest BCUT2D eigenvalue weighted by Crippen LogP contribution is 2.40. The van der Waals surface area contributed by atoms with Crippen LogP contribution in [0.15, 0.2) is 24.5 Å². The highest BCUT2D eigenvalue weighted by molar-refractivity contribution is 5.71. The number of nitrogen functional groups attached to an aromatic ring is 1. The molecule has 106 valence electrons. The Kier molecular flexibility index (Phi) is 2.74. The van der Waals surface area contributed by atoms with Gasteiger partial charge in [-0.1, -0.05) is 0 Å². The Bertz CT molecular complexity index is 656. The second-order valence-electron chi connectivity index (χ2n) is 4.81. The number of benzene rings is 1. The zero-order chi connectivity index (χ0) is 14.5. The molecule has 1 aliphatic rings. The highest BCUT2D eigenvalue weighted by Gasteiger charge is 2.35. The lowest BCUT2D eigenvalue weighted by Gasteiger charge is -2.10. The predicted octanol–water partition coefficient (Wildman–Crippen LogP) is 3.63. The molecule has 0 spiro atoms. The molecule has 2 aromatic rings. The SMILES string of the molecule is Nc1c(-c2ccc(F)c(C(F)(F)F)c2)ncn1C1CC1. The summed E-state index contributed by atoms with van der Waals surface area (Å²) in [6, 6.07) is 3.05. The number of alkyl halides is 3. The summed E-state index contributed by atoms with van der Waals surface area (Å²) in [5.41, 5.74) is 5.00. The van der Waals surface area contributed by atoms with E-state index in [1.807, 2.05) is 0 Å². The lowest BCUT2D eigenvalue weighted by molar-refractivity contribution is -0.139. The van der Waals surface area contributed by atoms with Gasteiger partial charge in [-0.25, -0.2) is 9.37 Å². The monoisotopic (exact) mass is 285 g/mol. The average Bonchev–Trinajstić information content (AvgIpc) is 3.13. The molecule has 2 N–H and O–H groups in total. The van der Waals surface area contributed by atoms with Gasteiger partial charge in [0.05, 0.1) is 11.9 Å². The fraction of sp³-hybridized carbons (Fsp3) is 0.308. The Balaban J connectivity index is 2.06. The van der Waals surface area contributed by atoms with Crippen LogP contribution < -0.4 is 5.73 Å². The molecule has 3 nitrogen and oxygen atoms in total. The van der Waals surface area contributed by atoms with E-state index in [4.69, 9.17) is 5.73 Å². The summed E-state index contributed by atoms with van der Waals surface area (Å²) in [4.78, 5) is 4.05. The minimum atomic E-state index is -4.74. The van der Waals surface area contributed by atoms with Crippen molar-refractivity contribution in [1.29, 1.82) is 0 Å². The lowest BCUT2D eigenvalue weighted by Crippen LogP contribution is -2.08. The van der Waals surface area contributed by atoms with Gasteiger partial charge in [-0.05, 0) is 31.0 Å². The van der Waals surface area contributed by atoms with Crippen molar-refractivity contribution >= 4 is 5.82 Å². The Labute approximate surface area is 112 Å². The minimum absolute atomic E-state index is 0.163. The summed E-state index contributed by atoms with van der Waals surface area (Å²) in [7, 11) is 0. The summed E-state index contributed by atoms with van der Waals surface area (Å²) in [5, 5.41) is 0. The van der Waals surface area contributed by atoms with Crippen LogP contribution in [0.1, 0.15) is 24.4 Å². The van der Waals surface area contributed by atoms with Crippen molar-refractivity contribution in [3.63, 3.8) is 0 Å². The smallest absolute Gasteiger partial charge is 0.383 e. The number of hydrogen-bond donors (Lipinski definition) is 1. The van der Waals surface area contributed by atoms with E-state index in [-0.39, 0.29) is 17.3 Å². The number of anilines is 1. The van der Waals surface area contributed by atoms with Crippen molar-refractivity contribution < 1.29 is 17.6 Å². The van der Waals surface area contributed by atoms with E-state index in [1.165, 1.54) is 12.4 Å². The molecule has 0 unspecified atom stereocenters. The van der Waals surface area contributed by atoms with Crippen LogP contribution in [0.4, 0.5) is 23.4 Å². The molecule has 0 aliphatic heterocycles. The molecule has 0 bridgehead atoms. The first-order chi connectivity index (χ1) is 9.38. The van der Waals surface area contributed by atoms with E-state index in [2.05, 4.69) is 4.98 Å². The van der Waals surface area contributed by atoms with Crippen LogP contribution >= 0.6 is 0 Å². The molecule has 1 aliphatic carbocycles. The van der Waals surface area contributed by atoms with Gasteiger partial charge in [0.25, 0.3) is 0 Å². The number of aromatic nitrogens is 2. The largest absolute Gasteiger partial charge is 0.419 e. The molecule has 0 atom stereocenters. The van der Waals surface area contributed by atoms with Gasteiger partial charge >= 0.3 is 6.18 Å². The van der Waals surface area contributed by atoms with Gasteiger partial charge in [0.2, 0.25) is 0 Å². The van der Waals surface area contributed by atoms with Crippen LogP contribution in [0.5, 0.6) is 0 Å². The molecule has 1 aromatic carbocycles. The second kappa shape index (κ2) is 4.22. The van der Waals surface area contributed by atoms with E-state index >= 15 is 0 Å². The van der Waals surface area contributed by atoms with E-state index in [1.54, 1.807) is 4.57 Å². The lowest BCUT2D eigenvalue weighted by atomic mass is 10.1. The first-order valence-electron chi connectivity index (χ1n) is 6.07. The molecule has 0 radical (unpaired) electrons. The third kappa shape index (κ3) is 2.13. The molecule has 1 fully saturated rings. The zero-order valence-electron chi connectivity index (χ0n) is 10.3. The van der Waals surface area contributed by atoms with Crippen LogP contribution in [0.25, 0.3) is 11.3 Å². The summed E-state index contributed by atoms with van der Waals surface area (Å²) in [6.07, 6.45) is -1.26. The number of halogens is 4. The summed E-state index contributed by atoms with van der Waals surface area (Å²) < 4.78 is 53.1. The van der Waals surface area contributed by atoms with E-state index < -0.39 is 17.6 Å². The van der Waals surface area contributed by atoms with Crippen molar-refractivity contribution in [3.05, 3.63) is 35.9 Å². The van der Waals surface area contributed by atoms with Crippen molar-refractivity contribution in [2.45, 2.75) is 25.1 Å². The maximum absolute atomic E-state index is 13.2. The fourth-order valence-corrected chi connectivity index (χ4v) is 2.13. The molecule has 1 aromatic heterocycles. The van der Waals surface area contributed by atoms with Crippen molar-refractivity contribution in [1.82, 2.24) is 9.55 Å². The maximum Gasteiger partial charge on any atom is 0.419 e. The van der Waals surface area contributed by atoms with E-state index in [9.17, 15) is 17.6 Å². The second-order valence-corrected chi connectivity index (χ2v) is 4.81. The Morgan fingerprint density at radius 3 is 2.55 bits per heavy atom. The topological polar surface area (TPSA) is 43.8 Å². The van der Waals surface area contributed by atoms with Gasteiger partial charge < -0.3 is 10.3 Å². The van der Waals surface area contributed by atoms with Crippen LogP contribution in [-0.2, 0) is 6.18 Å². The molecule has 1 saturated carbocycles. The first-order valence-corrected chi connectivity index (χ1v) is 6.07. The fourth-order valence-electron chi connectivity index (χ4n) is 2.13.